The molecule has 0 radical (unpaired) electrons. The summed E-state index contributed by atoms with van der Waals surface area (Å²) in [6.45, 7) is 0. The molecule has 0 atom stereocenters. The fourth-order valence-electron chi connectivity index (χ4n) is 0.102. The van der Waals surface area contributed by atoms with Gasteiger partial charge in [0.05, 0.1) is 0 Å². The van der Waals surface area contributed by atoms with Gasteiger partial charge in [0.15, 0.2) is 0 Å². The number of hydrogen-bond donors (Lipinski definition) is 0. The topological polar surface area (TPSA) is 187 Å². The van der Waals surface area contributed by atoms with Crippen molar-refractivity contribution in [1.82, 2.24) is 0 Å². The average Bonchev–Trinajstić information content (AvgIpc) is 1.14. The Labute approximate surface area is 119 Å². The second kappa shape index (κ2) is 10.2. The maximum atomic E-state index is 9.29. The van der Waals surface area contributed by atoms with Crippen LogP contribution in [0, 0.1) is 0 Å². The summed E-state index contributed by atoms with van der Waals surface area (Å²) >= 11 is 0. The van der Waals surface area contributed by atoms with Crippen LogP contribution in [0.15, 0.2) is 0 Å². The van der Waals surface area contributed by atoms with E-state index in [-0.39, 0.29) is 70.1 Å². The quantitative estimate of drug-likeness (QED) is 0.267. The van der Waals surface area contributed by atoms with Crippen LogP contribution in [0.3, 0.4) is 0 Å². The van der Waals surface area contributed by atoms with Crippen LogP contribution in [0.1, 0.15) is 0 Å². The Bertz CT molecular complexity index is 241. The SMILES string of the molecule is O.O.O=S(=O)([O-])OS(=O)(=O)[O-].[Na+].[Na+]. The molecule has 0 aromatic heterocycles. The standard InChI is InChI=1S/2Na.H2O7S2.2H2O/c;;1-8(2,3)7-9(4,5)6;;/h;;(H,1,2,3)(H,4,5,6);2*1H2/q2*+1;;;/p-2. The van der Waals surface area contributed by atoms with Crippen molar-refractivity contribution in [3.05, 3.63) is 0 Å². The summed E-state index contributed by atoms with van der Waals surface area (Å²) in [6.07, 6.45) is 0. The van der Waals surface area contributed by atoms with Crippen molar-refractivity contribution < 1.29 is 99.6 Å². The molecular weight excluding hydrogens is 254 g/mol. The van der Waals surface area contributed by atoms with E-state index in [0.29, 0.717) is 0 Å². The van der Waals surface area contributed by atoms with Crippen molar-refractivity contribution in [3.63, 3.8) is 0 Å². The molecule has 9 nitrogen and oxygen atoms in total. The smallest absolute Gasteiger partial charge is 0.725 e. The zero-order valence-corrected chi connectivity index (χ0v) is 12.3. The maximum Gasteiger partial charge on any atom is 1.00 e. The van der Waals surface area contributed by atoms with E-state index in [0.717, 1.165) is 0 Å². The van der Waals surface area contributed by atoms with Crippen molar-refractivity contribution in [1.29, 1.82) is 0 Å². The van der Waals surface area contributed by atoms with E-state index in [9.17, 15) is 25.9 Å². The van der Waals surface area contributed by atoms with Crippen LogP contribution in [0.25, 0.3) is 0 Å². The predicted molar refractivity (Wildman–Crippen MR) is 27.7 cm³/mol. The summed E-state index contributed by atoms with van der Waals surface area (Å²) in [5, 5.41) is 0. The first-order chi connectivity index (χ1) is 3.71. The molecule has 0 amide bonds. The van der Waals surface area contributed by atoms with Crippen molar-refractivity contribution in [2.75, 3.05) is 0 Å². The van der Waals surface area contributed by atoms with Gasteiger partial charge in [0.2, 0.25) is 20.8 Å². The third-order valence-corrected chi connectivity index (χ3v) is 1.50. The largest absolute Gasteiger partial charge is 1.00 e. The van der Waals surface area contributed by atoms with Gasteiger partial charge in [0.1, 0.15) is 0 Å². The van der Waals surface area contributed by atoms with Crippen molar-refractivity contribution >= 4 is 20.8 Å². The molecule has 13 heteroatoms. The monoisotopic (exact) mass is 258 g/mol. The molecule has 4 N–H and O–H groups in total. The van der Waals surface area contributed by atoms with Gasteiger partial charge in [-0.2, -0.15) is 3.63 Å². The van der Waals surface area contributed by atoms with Crippen LogP contribution in [0.5, 0.6) is 0 Å². The molecule has 0 heterocycles. The van der Waals surface area contributed by atoms with Crippen LogP contribution >= 0.6 is 0 Å². The molecule has 0 aliphatic heterocycles. The van der Waals surface area contributed by atoms with E-state index < -0.39 is 20.8 Å². The van der Waals surface area contributed by atoms with Gasteiger partial charge in [0, 0.05) is 0 Å². The predicted octanol–water partition coefficient (Wildman–Crippen LogP) is -9.72. The molecule has 0 saturated heterocycles. The minimum atomic E-state index is -5.43. The van der Waals surface area contributed by atoms with E-state index in [4.69, 9.17) is 0 Å². The van der Waals surface area contributed by atoms with Crippen molar-refractivity contribution in [3.8, 4) is 0 Å². The van der Waals surface area contributed by atoms with E-state index in [2.05, 4.69) is 3.63 Å². The van der Waals surface area contributed by atoms with Crippen LogP contribution < -0.4 is 59.1 Å². The Morgan fingerprint density at radius 3 is 0.923 bits per heavy atom. The fraction of sp³-hybridized carbons (Fsp3) is 0. The third kappa shape index (κ3) is 31.6. The molecule has 13 heavy (non-hydrogen) atoms. The van der Waals surface area contributed by atoms with E-state index in [1.165, 1.54) is 0 Å². The first-order valence-electron chi connectivity index (χ1n) is 1.33. The number of hydrogen-bond acceptors (Lipinski definition) is 7. The molecule has 0 aliphatic carbocycles. The summed E-state index contributed by atoms with van der Waals surface area (Å²) < 4.78 is 58.2. The molecule has 0 spiro atoms. The van der Waals surface area contributed by atoms with Gasteiger partial charge in [-0.15, -0.1) is 0 Å². The molecule has 0 aromatic rings. The fourth-order valence-corrected chi connectivity index (χ4v) is 0.919. The van der Waals surface area contributed by atoms with Gasteiger partial charge < -0.3 is 20.1 Å². The Balaban J connectivity index is -0.0000000533. The molecule has 0 aliphatic rings. The van der Waals surface area contributed by atoms with Crippen LogP contribution in [-0.2, 0) is 24.4 Å². The van der Waals surface area contributed by atoms with Gasteiger partial charge >= 0.3 is 59.1 Å². The molecule has 0 bridgehead atoms. The Kier molecular flexibility index (Phi) is 23.1. The average molecular weight is 258 g/mol. The third-order valence-electron chi connectivity index (χ3n) is 0.167. The van der Waals surface area contributed by atoms with Gasteiger partial charge in [-0.3, -0.25) is 0 Å². The Morgan fingerprint density at radius 2 is 0.923 bits per heavy atom. The minimum absolute atomic E-state index is 0. The van der Waals surface area contributed by atoms with Crippen LogP contribution in [-0.4, -0.2) is 36.9 Å². The molecule has 0 saturated carbocycles. The molecular formula is H4Na2O9S2. The zero-order valence-electron chi connectivity index (χ0n) is 6.67. The Hall–Kier alpha value is 1.70. The van der Waals surface area contributed by atoms with Gasteiger partial charge in [-0.1, -0.05) is 0 Å². The maximum absolute atomic E-state index is 9.29. The van der Waals surface area contributed by atoms with Crippen molar-refractivity contribution in [2.45, 2.75) is 0 Å². The molecule has 0 unspecified atom stereocenters. The van der Waals surface area contributed by atoms with Gasteiger partial charge in [-0.25, -0.2) is 16.8 Å². The van der Waals surface area contributed by atoms with Crippen molar-refractivity contribution in [2.24, 2.45) is 0 Å². The minimum Gasteiger partial charge on any atom is -0.725 e. The first-order valence-corrected chi connectivity index (χ1v) is 4.00. The summed E-state index contributed by atoms with van der Waals surface area (Å²) in [7, 11) is -10.9. The normalized spacial score (nSPS) is 9.38. The van der Waals surface area contributed by atoms with E-state index in [1.54, 1.807) is 0 Å². The summed E-state index contributed by atoms with van der Waals surface area (Å²) in [5.74, 6) is 0. The Morgan fingerprint density at radius 1 is 0.769 bits per heavy atom. The second-order valence-electron chi connectivity index (χ2n) is 0.885. The summed E-state index contributed by atoms with van der Waals surface area (Å²) in [6, 6.07) is 0. The van der Waals surface area contributed by atoms with Gasteiger partial charge in [-0.05, 0) is 0 Å². The molecule has 0 rings (SSSR count). The van der Waals surface area contributed by atoms with E-state index >= 15 is 0 Å². The van der Waals surface area contributed by atoms with Crippen LogP contribution in [0.4, 0.5) is 0 Å². The van der Waals surface area contributed by atoms with Crippen LogP contribution in [0.2, 0.25) is 0 Å². The first kappa shape index (κ1) is 29.3. The number of rotatable bonds is 2. The van der Waals surface area contributed by atoms with Gasteiger partial charge in [0.25, 0.3) is 0 Å². The zero-order chi connectivity index (χ0) is 7.71. The van der Waals surface area contributed by atoms with E-state index in [1.807, 2.05) is 0 Å². The molecule has 0 aromatic carbocycles. The second-order valence-corrected chi connectivity index (χ2v) is 3.06. The molecule has 0 fully saturated rings. The summed E-state index contributed by atoms with van der Waals surface area (Å²) in [4.78, 5) is 0. The molecule has 72 valence electrons. The summed E-state index contributed by atoms with van der Waals surface area (Å²) in [5.41, 5.74) is 0.